The zero-order valence-corrected chi connectivity index (χ0v) is 12.8. The van der Waals surface area contributed by atoms with E-state index in [9.17, 15) is 5.02 Å². The molecule has 3 aromatic rings. The zero-order valence-electron chi connectivity index (χ0n) is 12.0. The summed E-state index contributed by atoms with van der Waals surface area (Å²) in [4.78, 5) is 4.56. The fourth-order valence-corrected chi connectivity index (χ4v) is 3.22. The van der Waals surface area contributed by atoms with Crippen LogP contribution in [0.5, 0.6) is 0 Å². The number of aromatic nitrogens is 1. The molecule has 0 saturated carbocycles. The third-order valence-corrected chi connectivity index (χ3v) is 4.43. The quantitative estimate of drug-likeness (QED) is 0.702. The van der Waals surface area contributed by atoms with Crippen molar-refractivity contribution < 1.29 is 9.68 Å². The molecule has 2 aromatic carbocycles. The van der Waals surface area contributed by atoms with Crippen LogP contribution in [-0.2, 0) is 11.3 Å². The molecule has 0 saturated heterocycles. The predicted molar refractivity (Wildman–Crippen MR) is 89.3 cm³/mol. The van der Waals surface area contributed by atoms with Crippen molar-refractivity contribution in [3.05, 3.63) is 58.7 Å². The van der Waals surface area contributed by atoms with Crippen molar-refractivity contribution in [3.8, 4) is 11.1 Å². The van der Waals surface area contributed by atoms with E-state index in [-0.39, 0.29) is 0 Å². The first-order valence-electron chi connectivity index (χ1n) is 7.11. The van der Waals surface area contributed by atoms with E-state index in [4.69, 9.17) is 16.3 Å². The van der Waals surface area contributed by atoms with E-state index in [0.29, 0.717) is 11.6 Å². The van der Waals surface area contributed by atoms with E-state index in [0.717, 1.165) is 38.6 Å². The average Bonchev–Trinajstić information content (AvgIpc) is 2.87. The molecule has 4 rings (SSSR count). The second kappa shape index (κ2) is 5.09. The lowest BCUT2D eigenvalue weighted by molar-refractivity contribution is 0.275. The molecule has 0 radical (unpaired) electrons. The predicted octanol–water partition coefficient (Wildman–Crippen LogP) is 3.08. The van der Waals surface area contributed by atoms with Gasteiger partial charge in [-0.3, -0.25) is 4.98 Å². The Hall–Kier alpha value is -1.88. The monoisotopic (exact) mass is 309 g/mol. The molecule has 0 amide bonds. The SMILES string of the molecule is Cc1cccc2cc(-c3cc4c(cc3Cl)COB4O)cnc12. The Bertz CT molecular complexity index is 897. The molecule has 3 nitrogen and oxygen atoms in total. The molecule has 0 fully saturated rings. The first-order chi connectivity index (χ1) is 10.6. The summed E-state index contributed by atoms with van der Waals surface area (Å²) in [6, 6.07) is 11.9. The standard InChI is InChI=1S/C17H13BClNO2/c1-10-3-2-4-11-5-12(8-20-17(10)11)14-7-15-13(6-16(14)19)9-22-18(15)21/h2-8,21H,9H2,1H3. The molecule has 5 heteroatoms. The summed E-state index contributed by atoms with van der Waals surface area (Å²) in [7, 11) is -0.873. The van der Waals surface area contributed by atoms with E-state index in [1.165, 1.54) is 0 Å². The van der Waals surface area contributed by atoms with Crippen LogP contribution < -0.4 is 5.46 Å². The zero-order chi connectivity index (χ0) is 15.3. The van der Waals surface area contributed by atoms with Crippen LogP contribution in [0.4, 0.5) is 0 Å². The van der Waals surface area contributed by atoms with Gasteiger partial charge in [0.05, 0.1) is 12.1 Å². The second-order valence-corrected chi connectivity index (χ2v) is 5.97. The molecule has 108 valence electrons. The molecule has 1 aliphatic rings. The van der Waals surface area contributed by atoms with Crippen molar-refractivity contribution in [2.24, 2.45) is 0 Å². The second-order valence-electron chi connectivity index (χ2n) is 5.56. The smallest absolute Gasteiger partial charge is 0.423 e. The van der Waals surface area contributed by atoms with Crippen LogP contribution in [0.15, 0.2) is 42.6 Å². The topological polar surface area (TPSA) is 42.4 Å². The lowest BCUT2D eigenvalue weighted by Crippen LogP contribution is -2.28. The van der Waals surface area contributed by atoms with Crippen molar-refractivity contribution >= 4 is 35.1 Å². The number of fused-ring (bicyclic) bond motifs is 2. The fourth-order valence-electron chi connectivity index (χ4n) is 2.93. The number of benzene rings is 2. The van der Waals surface area contributed by atoms with Gasteiger partial charge in [0, 0.05) is 27.7 Å². The molecule has 1 aromatic heterocycles. The molecule has 0 bridgehead atoms. The van der Waals surface area contributed by atoms with Gasteiger partial charge in [0.2, 0.25) is 0 Å². The van der Waals surface area contributed by atoms with Crippen LogP contribution in [0, 0.1) is 6.92 Å². The highest BCUT2D eigenvalue weighted by molar-refractivity contribution is 6.61. The van der Waals surface area contributed by atoms with E-state index in [1.807, 2.05) is 43.5 Å². The van der Waals surface area contributed by atoms with E-state index in [2.05, 4.69) is 11.1 Å². The largest absolute Gasteiger partial charge is 0.491 e. The minimum absolute atomic E-state index is 0.395. The lowest BCUT2D eigenvalue weighted by atomic mass is 9.78. The van der Waals surface area contributed by atoms with Gasteiger partial charge in [-0.15, -0.1) is 0 Å². The number of hydrogen-bond donors (Lipinski definition) is 1. The van der Waals surface area contributed by atoms with Crippen molar-refractivity contribution in [2.45, 2.75) is 13.5 Å². The van der Waals surface area contributed by atoms with Gasteiger partial charge < -0.3 is 9.68 Å². The van der Waals surface area contributed by atoms with Gasteiger partial charge in [-0.1, -0.05) is 35.9 Å². The van der Waals surface area contributed by atoms with Crippen molar-refractivity contribution in [3.63, 3.8) is 0 Å². The van der Waals surface area contributed by atoms with Crippen molar-refractivity contribution in [2.75, 3.05) is 0 Å². The number of para-hydroxylation sites is 1. The molecule has 2 heterocycles. The van der Waals surface area contributed by atoms with E-state index < -0.39 is 7.12 Å². The summed E-state index contributed by atoms with van der Waals surface area (Å²) in [5, 5.41) is 11.6. The first kappa shape index (κ1) is 13.8. The Balaban J connectivity index is 1.90. The Morgan fingerprint density at radius 2 is 2.14 bits per heavy atom. The average molecular weight is 310 g/mol. The highest BCUT2D eigenvalue weighted by atomic mass is 35.5. The van der Waals surface area contributed by atoms with Crippen LogP contribution >= 0.6 is 11.6 Å². The third kappa shape index (κ3) is 2.12. The summed E-state index contributed by atoms with van der Waals surface area (Å²) >= 11 is 6.41. The summed E-state index contributed by atoms with van der Waals surface area (Å²) in [6.07, 6.45) is 1.82. The maximum atomic E-state index is 9.87. The Morgan fingerprint density at radius 1 is 1.27 bits per heavy atom. The van der Waals surface area contributed by atoms with Crippen molar-refractivity contribution in [1.29, 1.82) is 0 Å². The molecule has 0 atom stereocenters. The Morgan fingerprint density at radius 3 is 3.00 bits per heavy atom. The van der Waals surface area contributed by atoms with Gasteiger partial charge >= 0.3 is 7.12 Å². The van der Waals surface area contributed by atoms with E-state index in [1.54, 1.807) is 0 Å². The third-order valence-electron chi connectivity index (χ3n) is 4.12. The van der Waals surface area contributed by atoms with Crippen LogP contribution in [-0.4, -0.2) is 17.1 Å². The highest BCUT2D eigenvalue weighted by Gasteiger charge is 2.28. The molecule has 1 N–H and O–H groups in total. The van der Waals surface area contributed by atoms with Crippen LogP contribution in [0.3, 0.4) is 0 Å². The normalized spacial score (nSPS) is 13.7. The van der Waals surface area contributed by atoms with Crippen molar-refractivity contribution in [1.82, 2.24) is 4.98 Å². The molecule has 1 aliphatic heterocycles. The lowest BCUT2D eigenvalue weighted by Gasteiger charge is -2.09. The van der Waals surface area contributed by atoms with Gasteiger partial charge in [0.1, 0.15) is 0 Å². The minimum Gasteiger partial charge on any atom is -0.423 e. The van der Waals surface area contributed by atoms with Crippen LogP contribution in [0.1, 0.15) is 11.1 Å². The highest BCUT2D eigenvalue weighted by Crippen LogP contribution is 2.31. The first-order valence-corrected chi connectivity index (χ1v) is 7.49. The minimum atomic E-state index is -0.873. The number of rotatable bonds is 1. The summed E-state index contributed by atoms with van der Waals surface area (Å²) < 4.78 is 5.24. The maximum Gasteiger partial charge on any atom is 0.491 e. The van der Waals surface area contributed by atoms with Crippen LogP contribution in [0.2, 0.25) is 5.02 Å². The van der Waals surface area contributed by atoms with Crippen LogP contribution in [0.25, 0.3) is 22.0 Å². The summed E-state index contributed by atoms with van der Waals surface area (Å²) in [5.74, 6) is 0. The number of nitrogens with zero attached hydrogens (tertiary/aromatic N) is 1. The number of pyridine rings is 1. The van der Waals surface area contributed by atoms with Gasteiger partial charge in [0.15, 0.2) is 0 Å². The van der Waals surface area contributed by atoms with Gasteiger partial charge in [-0.25, -0.2) is 0 Å². The van der Waals surface area contributed by atoms with Gasteiger partial charge in [-0.05, 0) is 35.6 Å². The summed E-state index contributed by atoms with van der Waals surface area (Å²) in [5.41, 5.74) is 5.65. The molecular weight excluding hydrogens is 296 g/mol. The fraction of sp³-hybridized carbons (Fsp3) is 0.118. The molecule has 22 heavy (non-hydrogen) atoms. The van der Waals surface area contributed by atoms with Gasteiger partial charge in [-0.2, -0.15) is 0 Å². The molecule has 0 spiro atoms. The van der Waals surface area contributed by atoms with Gasteiger partial charge in [0.25, 0.3) is 0 Å². The Labute approximate surface area is 133 Å². The number of halogens is 1. The molecular formula is C17H13BClNO2. The van der Waals surface area contributed by atoms with E-state index >= 15 is 0 Å². The Kier molecular flexibility index (Phi) is 3.19. The summed E-state index contributed by atoms with van der Waals surface area (Å²) in [6.45, 7) is 2.44. The molecule has 0 aliphatic carbocycles. The number of hydrogen-bond acceptors (Lipinski definition) is 3. The molecule has 0 unspecified atom stereocenters. The maximum absolute atomic E-state index is 9.87. The number of aryl methyl sites for hydroxylation is 1.